The molecule has 3 aliphatic rings. The number of H-pyrrole nitrogens is 1. The maximum atomic E-state index is 12.8. The van der Waals surface area contributed by atoms with Gasteiger partial charge in [0.05, 0.1) is 18.9 Å². The van der Waals surface area contributed by atoms with Gasteiger partial charge in [0.1, 0.15) is 0 Å². The van der Waals surface area contributed by atoms with E-state index < -0.39 is 6.10 Å². The number of aliphatic hydroxyl groups is 1. The summed E-state index contributed by atoms with van der Waals surface area (Å²) in [5.74, 6) is 0.374. The van der Waals surface area contributed by atoms with Crippen molar-refractivity contribution >= 4 is 11.9 Å². The van der Waals surface area contributed by atoms with E-state index in [0.29, 0.717) is 50.9 Å². The molecular formula is C23H28N4O4. The third kappa shape index (κ3) is 3.64. The number of aromatic amines is 1. The van der Waals surface area contributed by atoms with E-state index in [-0.39, 0.29) is 16.9 Å². The van der Waals surface area contributed by atoms with E-state index >= 15 is 0 Å². The van der Waals surface area contributed by atoms with Crippen LogP contribution in [-0.4, -0.2) is 65.3 Å². The van der Waals surface area contributed by atoms with E-state index in [1.54, 1.807) is 17.0 Å². The molecular weight excluding hydrogens is 396 g/mol. The number of benzene rings is 1. The summed E-state index contributed by atoms with van der Waals surface area (Å²) in [5.41, 5.74) is 2.11. The van der Waals surface area contributed by atoms with E-state index in [9.17, 15) is 14.7 Å². The van der Waals surface area contributed by atoms with Crippen LogP contribution in [0, 0.1) is 0 Å². The zero-order valence-corrected chi connectivity index (χ0v) is 17.5. The van der Waals surface area contributed by atoms with Gasteiger partial charge in [0.25, 0.3) is 11.5 Å². The van der Waals surface area contributed by atoms with Crippen LogP contribution >= 0.6 is 0 Å². The van der Waals surface area contributed by atoms with Crippen molar-refractivity contribution in [2.75, 3.05) is 44.3 Å². The fourth-order valence-electron chi connectivity index (χ4n) is 5.16. The maximum Gasteiger partial charge on any atom is 0.256 e. The Kier molecular flexibility index (Phi) is 5.27. The molecule has 1 aliphatic carbocycles. The Bertz CT molecular complexity index is 1010. The summed E-state index contributed by atoms with van der Waals surface area (Å²) in [6.45, 7) is 3.81. The molecule has 1 spiro atoms. The van der Waals surface area contributed by atoms with Gasteiger partial charge in [0.2, 0.25) is 5.95 Å². The van der Waals surface area contributed by atoms with Crippen LogP contribution in [0.1, 0.15) is 42.2 Å². The number of anilines is 1. The molecule has 3 heterocycles. The number of aliphatic hydroxyl groups excluding tert-OH is 1. The minimum Gasteiger partial charge on any atom is -0.378 e. The SMILES string of the molecule is O=C(C(O)c1ccccc1)N1CCC2(CCc3c2nc(N2CCOCC2)[nH]c3=O)CC1. The average molecular weight is 425 g/mol. The van der Waals surface area contributed by atoms with Gasteiger partial charge in [-0.2, -0.15) is 0 Å². The molecule has 1 unspecified atom stereocenters. The first-order valence-electron chi connectivity index (χ1n) is 11.1. The van der Waals surface area contributed by atoms with Crippen molar-refractivity contribution in [2.45, 2.75) is 37.2 Å². The lowest BCUT2D eigenvalue weighted by atomic mass is 9.76. The van der Waals surface area contributed by atoms with Crippen molar-refractivity contribution < 1.29 is 14.6 Å². The lowest BCUT2D eigenvalue weighted by Crippen LogP contribution is -2.46. The highest BCUT2D eigenvalue weighted by Gasteiger charge is 2.45. The Labute approximate surface area is 180 Å². The smallest absolute Gasteiger partial charge is 0.256 e. The van der Waals surface area contributed by atoms with Crippen molar-refractivity contribution in [3.05, 3.63) is 57.5 Å². The van der Waals surface area contributed by atoms with Gasteiger partial charge in [-0.25, -0.2) is 4.98 Å². The highest BCUT2D eigenvalue weighted by molar-refractivity contribution is 5.82. The summed E-state index contributed by atoms with van der Waals surface area (Å²) in [7, 11) is 0. The van der Waals surface area contributed by atoms with Crippen LogP contribution in [0.2, 0.25) is 0 Å². The van der Waals surface area contributed by atoms with E-state index in [2.05, 4.69) is 9.88 Å². The van der Waals surface area contributed by atoms with Gasteiger partial charge in [0.15, 0.2) is 6.10 Å². The van der Waals surface area contributed by atoms with Crippen LogP contribution in [-0.2, 0) is 21.4 Å². The number of aromatic nitrogens is 2. The Balaban J connectivity index is 1.34. The molecule has 0 saturated carbocycles. The van der Waals surface area contributed by atoms with Gasteiger partial charge in [-0.05, 0) is 31.2 Å². The predicted octanol–water partition coefficient (Wildman–Crippen LogP) is 1.15. The first-order valence-corrected chi connectivity index (χ1v) is 11.1. The monoisotopic (exact) mass is 424 g/mol. The van der Waals surface area contributed by atoms with Gasteiger partial charge < -0.3 is 19.6 Å². The molecule has 0 radical (unpaired) electrons. The van der Waals surface area contributed by atoms with Crippen molar-refractivity contribution in [1.82, 2.24) is 14.9 Å². The number of morpholine rings is 1. The zero-order chi connectivity index (χ0) is 21.4. The number of hydrogen-bond acceptors (Lipinski definition) is 6. The summed E-state index contributed by atoms with van der Waals surface area (Å²) in [6, 6.07) is 9.04. The van der Waals surface area contributed by atoms with Gasteiger partial charge in [-0.15, -0.1) is 0 Å². The number of fused-ring (bicyclic) bond motifs is 2. The molecule has 1 atom stereocenters. The van der Waals surface area contributed by atoms with Crippen molar-refractivity contribution in [1.29, 1.82) is 0 Å². The third-order valence-corrected chi connectivity index (χ3v) is 7.05. The molecule has 5 rings (SSSR count). The van der Waals surface area contributed by atoms with Gasteiger partial charge >= 0.3 is 0 Å². The van der Waals surface area contributed by atoms with Gasteiger partial charge in [0, 0.05) is 37.2 Å². The fraction of sp³-hybridized carbons (Fsp3) is 0.522. The predicted molar refractivity (Wildman–Crippen MR) is 115 cm³/mol. The number of piperidine rings is 1. The molecule has 1 aromatic carbocycles. The molecule has 1 amide bonds. The number of ether oxygens (including phenoxy) is 1. The fourth-order valence-corrected chi connectivity index (χ4v) is 5.16. The first-order chi connectivity index (χ1) is 15.1. The van der Waals surface area contributed by atoms with Crippen LogP contribution in [0.4, 0.5) is 5.95 Å². The third-order valence-electron chi connectivity index (χ3n) is 7.05. The van der Waals surface area contributed by atoms with Crippen LogP contribution in [0.5, 0.6) is 0 Å². The van der Waals surface area contributed by atoms with Crippen molar-refractivity contribution in [2.24, 2.45) is 0 Å². The molecule has 31 heavy (non-hydrogen) atoms. The zero-order valence-electron chi connectivity index (χ0n) is 17.5. The van der Waals surface area contributed by atoms with Gasteiger partial charge in [-0.1, -0.05) is 30.3 Å². The summed E-state index contributed by atoms with van der Waals surface area (Å²) in [6.07, 6.45) is 1.98. The molecule has 2 saturated heterocycles. The summed E-state index contributed by atoms with van der Waals surface area (Å²) in [4.78, 5) is 37.3. The molecule has 2 aromatic rings. The molecule has 2 fully saturated rings. The van der Waals surface area contributed by atoms with Gasteiger partial charge in [-0.3, -0.25) is 14.6 Å². The number of nitrogens with one attached hydrogen (secondary N) is 1. The average Bonchev–Trinajstić information content (AvgIpc) is 3.18. The number of likely N-dealkylation sites (tertiary alicyclic amines) is 1. The van der Waals surface area contributed by atoms with E-state index in [1.807, 2.05) is 18.2 Å². The number of rotatable bonds is 3. The Morgan fingerprint density at radius 2 is 1.81 bits per heavy atom. The number of nitrogens with zero attached hydrogens (tertiary/aromatic N) is 3. The molecule has 164 valence electrons. The van der Waals surface area contributed by atoms with Crippen LogP contribution in [0.25, 0.3) is 0 Å². The first kappa shape index (κ1) is 20.2. The number of carbonyl (C=O) groups is 1. The van der Waals surface area contributed by atoms with Crippen LogP contribution in [0.3, 0.4) is 0 Å². The Hall–Kier alpha value is -2.71. The molecule has 1 aromatic heterocycles. The van der Waals surface area contributed by atoms with E-state index in [0.717, 1.165) is 36.9 Å². The van der Waals surface area contributed by atoms with Crippen LogP contribution in [0.15, 0.2) is 35.1 Å². The summed E-state index contributed by atoms with van der Waals surface area (Å²) < 4.78 is 5.42. The Morgan fingerprint density at radius 1 is 1.10 bits per heavy atom. The molecule has 8 nitrogen and oxygen atoms in total. The molecule has 0 bridgehead atoms. The normalized spacial score (nSPS) is 21.2. The number of amides is 1. The Morgan fingerprint density at radius 3 is 2.52 bits per heavy atom. The molecule has 2 N–H and O–H groups in total. The summed E-state index contributed by atoms with van der Waals surface area (Å²) >= 11 is 0. The highest BCUT2D eigenvalue weighted by atomic mass is 16.5. The standard InChI is InChI=1S/C23H28N4O4/c28-18(16-4-2-1-3-5-16)21(30)26-10-8-23(9-11-26)7-6-17-19(23)24-22(25-20(17)29)27-12-14-31-15-13-27/h1-5,18,28H,6-15H2,(H,24,25,29). The lowest BCUT2D eigenvalue weighted by Gasteiger charge is -2.40. The highest BCUT2D eigenvalue weighted by Crippen LogP contribution is 2.44. The maximum absolute atomic E-state index is 12.8. The summed E-state index contributed by atoms with van der Waals surface area (Å²) in [5, 5.41) is 10.5. The lowest BCUT2D eigenvalue weighted by molar-refractivity contribution is -0.142. The quantitative estimate of drug-likeness (QED) is 0.767. The molecule has 8 heteroatoms. The topological polar surface area (TPSA) is 98.8 Å². The van der Waals surface area contributed by atoms with E-state index in [4.69, 9.17) is 9.72 Å². The van der Waals surface area contributed by atoms with E-state index in [1.165, 1.54) is 0 Å². The second kappa shape index (κ2) is 8.09. The van der Waals surface area contributed by atoms with Crippen LogP contribution < -0.4 is 10.5 Å². The second-order valence-corrected chi connectivity index (χ2v) is 8.73. The largest absolute Gasteiger partial charge is 0.378 e. The minimum absolute atomic E-state index is 0.0404. The minimum atomic E-state index is -1.14. The second-order valence-electron chi connectivity index (χ2n) is 8.73. The number of hydrogen-bond donors (Lipinski definition) is 2. The van der Waals surface area contributed by atoms with Crippen molar-refractivity contribution in [3.8, 4) is 0 Å². The van der Waals surface area contributed by atoms with Crippen molar-refractivity contribution in [3.63, 3.8) is 0 Å². The number of carbonyl (C=O) groups excluding carboxylic acids is 1. The molecule has 2 aliphatic heterocycles.